The van der Waals surface area contributed by atoms with Crippen LogP contribution in [0.25, 0.3) is 0 Å². The second-order valence-electron chi connectivity index (χ2n) is 6.48. The van der Waals surface area contributed by atoms with Gasteiger partial charge in [-0.05, 0) is 55.5 Å². The van der Waals surface area contributed by atoms with Crippen LogP contribution in [0.5, 0.6) is 5.75 Å². The first-order valence-electron chi connectivity index (χ1n) is 9.55. The Labute approximate surface area is 189 Å². The lowest BCUT2D eigenvalue weighted by Gasteiger charge is -2.09. The van der Waals surface area contributed by atoms with Crippen LogP contribution in [0.2, 0.25) is 5.02 Å². The summed E-state index contributed by atoms with van der Waals surface area (Å²) in [5.41, 5.74) is 1.32. The summed E-state index contributed by atoms with van der Waals surface area (Å²) in [6.07, 6.45) is 0. The molecule has 0 aliphatic carbocycles. The van der Waals surface area contributed by atoms with E-state index >= 15 is 0 Å². The molecule has 31 heavy (non-hydrogen) atoms. The first-order valence-corrected chi connectivity index (χ1v) is 10.9. The highest BCUT2D eigenvalue weighted by atomic mass is 35.5. The molecule has 0 spiro atoms. The van der Waals surface area contributed by atoms with Gasteiger partial charge in [-0.1, -0.05) is 23.4 Å². The summed E-state index contributed by atoms with van der Waals surface area (Å²) in [6.45, 7) is 4.34. The van der Waals surface area contributed by atoms with Crippen LogP contribution < -0.4 is 15.4 Å². The minimum Gasteiger partial charge on any atom is -0.486 e. The van der Waals surface area contributed by atoms with Gasteiger partial charge in [0.05, 0.1) is 5.75 Å². The number of rotatable bonds is 9. The molecule has 1 heterocycles. The molecule has 0 atom stereocenters. The maximum atomic E-state index is 12.3. The molecule has 0 unspecified atom stereocenters. The Morgan fingerprint density at radius 1 is 1.03 bits per heavy atom. The van der Waals surface area contributed by atoms with Gasteiger partial charge < -0.3 is 19.9 Å². The van der Waals surface area contributed by atoms with E-state index < -0.39 is 0 Å². The van der Waals surface area contributed by atoms with Crippen molar-refractivity contribution in [2.24, 2.45) is 0 Å². The van der Waals surface area contributed by atoms with E-state index in [0.717, 1.165) is 0 Å². The van der Waals surface area contributed by atoms with E-state index in [1.165, 1.54) is 18.7 Å². The van der Waals surface area contributed by atoms with E-state index in [4.69, 9.17) is 16.3 Å². The number of halogens is 1. The van der Waals surface area contributed by atoms with Gasteiger partial charge in [-0.15, -0.1) is 10.2 Å². The molecule has 2 aromatic carbocycles. The number of hydrogen-bond acceptors (Lipinski definition) is 6. The standard InChI is InChI=1S/C21H22ClN5O3S/c1-3-27-19(12-30-18-10-4-15(22)5-11-18)25-26-21(27)31-13-20(29)24-17-8-6-16(7-9-17)23-14(2)28/h4-11H,3,12-13H2,1-2H3,(H,23,28)(H,24,29). The zero-order valence-electron chi connectivity index (χ0n) is 17.1. The smallest absolute Gasteiger partial charge is 0.234 e. The topological polar surface area (TPSA) is 98.1 Å². The van der Waals surface area contributed by atoms with Crippen molar-refractivity contribution in [2.75, 3.05) is 16.4 Å². The van der Waals surface area contributed by atoms with E-state index in [1.807, 2.05) is 11.5 Å². The Morgan fingerprint density at radius 3 is 2.29 bits per heavy atom. The zero-order valence-corrected chi connectivity index (χ0v) is 18.7. The average Bonchev–Trinajstić information content (AvgIpc) is 3.15. The summed E-state index contributed by atoms with van der Waals surface area (Å²) in [5.74, 6) is 1.24. The lowest BCUT2D eigenvalue weighted by Crippen LogP contribution is -2.15. The fraction of sp³-hybridized carbons (Fsp3) is 0.238. The van der Waals surface area contributed by atoms with Crippen molar-refractivity contribution in [2.45, 2.75) is 32.2 Å². The summed E-state index contributed by atoms with van der Waals surface area (Å²) in [5, 5.41) is 15.2. The van der Waals surface area contributed by atoms with Crippen molar-refractivity contribution in [3.8, 4) is 5.75 Å². The summed E-state index contributed by atoms with van der Waals surface area (Å²) in [4.78, 5) is 23.4. The predicted octanol–water partition coefficient (Wildman–Crippen LogP) is 4.22. The van der Waals surface area contributed by atoms with Crippen molar-refractivity contribution in [3.05, 3.63) is 59.4 Å². The predicted molar refractivity (Wildman–Crippen MR) is 122 cm³/mol. The summed E-state index contributed by atoms with van der Waals surface area (Å²) >= 11 is 7.19. The quantitative estimate of drug-likeness (QED) is 0.465. The molecule has 0 saturated carbocycles. The maximum Gasteiger partial charge on any atom is 0.234 e. The molecule has 0 saturated heterocycles. The van der Waals surface area contributed by atoms with Crippen molar-refractivity contribution in [3.63, 3.8) is 0 Å². The van der Waals surface area contributed by atoms with Gasteiger partial charge in [-0.2, -0.15) is 0 Å². The molecule has 0 aliphatic rings. The Balaban J connectivity index is 1.53. The third kappa shape index (κ3) is 6.73. The van der Waals surface area contributed by atoms with Crippen molar-refractivity contribution >= 4 is 46.6 Å². The minimum atomic E-state index is -0.165. The van der Waals surface area contributed by atoms with Gasteiger partial charge in [-0.25, -0.2) is 0 Å². The van der Waals surface area contributed by atoms with E-state index in [1.54, 1.807) is 48.5 Å². The van der Waals surface area contributed by atoms with Crippen molar-refractivity contribution in [1.29, 1.82) is 0 Å². The molecule has 3 aromatic rings. The molecule has 0 aliphatic heterocycles. The molecular weight excluding hydrogens is 438 g/mol. The molecule has 162 valence electrons. The van der Waals surface area contributed by atoms with Gasteiger partial charge >= 0.3 is 0 Å². The largest absolute Gasteiger partial charge is 0.486 e. The normalized spacial score (nSPS) is 10.5. The minimum absolute atomic E-state index is 0.147. The fourth-order valence-electron chi connectivity index (χ4n) is 2.70. The molecule has 0 bridgehead atoms. The zero-order chi connectivity index (χ0) is 22.2. The molecule has 10 heteroatoms. The number of ether oxygens (including phenoxy) is 1. The maximum absolute atomic E-state index is 12.3. The Morgan fingerprint density at radius 2 is 1.68 bits per heavy atom. The van der Waals surface area contributed by atoms with E-state index in [0.29, 0.717) is 39.7 Å². The lowest BCUT2D eigenvalue weighted by molar-refractivity contribution is -0.114. The number of thioether (sulfide) groups is 1. The highest BCUT2D eigenvalue weighted by molar-refractivity contribution is 7.99. The SMILES string of the molecule is CCn1c(COc2ccc(Cl)cc2)nnc1SCC(=O)Nc1ccc(NC(C)=O)cc1. The van der Waals surface area contributed by atoms with Crippen LogP contribution in [0.3, 0.4) is 0 Å². The van der Waals surface area contributed by atoms with Crippen LogP contribution in [-0.4, -0.2) is 32.3 Å². The molecule has 0 fully saturated rings. The van der Waals surface area contributed by atoms with Crippen molar-refractivity contribution < 1.29 is 14.3 Å². The number of carbonyl (C=O) groups excluding carboxylic acids is 2. The van der Waals surface area contributed by atoms with Crippen LogP contribution in [0.4, 0.5) is 11.4 Å². The van der Waals surface area contributed by atoms with Gasteiger partial charge in [0, 0.05) is 29.9 Å². The fourth-order valence-corrected chi connectivity index (χ4v) is 3.64. The summed E-state index contributed by atoms with van der Waals surface area (Å²) in [7, 11) is 0. The number of amides is 2. The molecule has 2 N–H and O–H groups in total. The van der Waals surface area contributed by atoms with Crippen LogP contribution in [-0.2, 0) is 22.7 Å². The molecule has 2 amide bonds. The number of benzene rings is 2. The Hall–Kier alpha value is -3.04. The summed E-state index contributed by atoms with van der Waals surface area (Å²) in [6, 6.07) is 14.0. The van der Waals surface area contributed by atoms with Crippen LogP contribution in [0.1, 0.15) is 19.7 Å². The van der Waals surface area contributed by atoms with E-state index in [9.17, 15) is 9.59 Å². The van der Waals surface area contributed by atoms with Gasteiger partial charge in [0.25, 0.3) is 0 Å². The van der Waals surface area contributed by atoms with Crippen LogP contribution >= 0.6 is 23.4 Å². The molecule has 3 rings (SSSR count). The number of nitrogens with zero attached hydrogens (tertiary/aromatic N) is 3. The third-order valence-electron chi connectivity index (χ3n) is 4.11. The lowest BCUT2D eigenvalue weighted by atomic mass is 10.3. The van der Waals surface area contributed by atoms with Gasteiger partial charge in [-0.3, -0.25) is 9.59 Å². The van der Waals surface area contributed by atoms with Crippen molar-refractivity contribution in [1.82, 2.24) is 14.8 Å². The first kappa shape index (κ1) is 22.6. The number of aromatic nitrogens is 3. The number of nitrogens with one attached hydrogen (secondary N) is 2. The highest BCUT2D eigenvalue weighted by Crippen LogP contribution is 2.20. The summed E-state index contributed by atoms with van der Waals surface area (Å²) < 4.78 is 7.66. The molecule has 0 radical (unpaired) electrons. The molecule has 1 aromatic heterocycles. The Kier molecular flexibility index (Phi) is 7.91. The molecule has 8 nitrogen and oxygen atoms in total. The average molecular weight is 460 g/mol. The van der Waals surface area contributed by atoms with Crippen LogP contribution in [0, 0.1) is 0 Å². The molecular formula is C21H22ClN5O3S. The number of anilines is 2. The second-order valence-corrected chi connectivity index (χ2v) is 7.86. The van der Waals surface area contributed by atoms with Gasteiger partial charge in [0.1, 0.15) is 12.4 Å². The monoisotopic (exact) mass is 459 g/mol. The second kappa shape index (κ2) is 10.8. The van der Waals surface area contributed by atoms with Gasteiger partial charge in [0.15, 0.2) is 11.0 Å². The van der Waals surface area contributed by atoms with Gasteiger partial charge in [0.2, 0.25) is 11.8 Å². The third-order valence-corrected chi connectivity index (χ3v) is 5.33. The van der Waals surface area contributed by atoms with E-state index in [-0.39, 0.29) is 24.2 Å². The highest BCUT2D eigenvalue weighted by Gasteiger charge is 2.14. The van der Waals surface area contributed by atoms with Crippen LogP contribution in [0.15, 0.2) is 53.7 Å². The number of hydrogen-bond donors (Lipinski definition) is 2. The first-order chi connectivity index (χ1) is 14.9. The van der Waals surface area contributed by atoms with E-state index in [2.05, 4.69) is 20.8 Å². The Bertz CT molecular complexity index is 1040. The number of carbonyl (C=O) groups is 2.